The number of nitriles is 2. The third kappa shape index (κ3) is 2.06. The summed E-state index contributed by atoms with van der Waals surface area (Å²) in [5.41, 5.74) is 3.37. The van der Waals surface area contributed by atoms with E-state index in [-0.39, 0.29) is 0 Å². The number of fused-ring (bicyclic) bond motifs is 3. The molecule has 0 saturated heterocycles. The van der Waals surface area contributed by atoms with Crippen LogP contribution in [0, 0.1) is 22.7 Å². The van der Waals surface area contributed by atoms with Crippen LogP contribution in [-0.4, -0.2) is 4.57 Å². The van der Waals surface area contributed by atoms with Crippen molar-refractivity contribution in [2.45, 2.75) is 6.54 Å². The molecule has 3 rings (SSSR count). The average molecular weight is 283 g/mol. The van der Waals surface area contributed by atoms with E-state index in [0.717, 1.165) is 33.9 Å². The number of allylic oxidation sites excluding steroid dienone is 3. The molecule has 0 aliphatic heterocycles. The molecule has 1 heterocycles. The van der Waals surface area contributed by atoms with Crippen LogP contribution in [0.3, 0.4) is 0 Å². The van der Waals surface area contributed by atoms with Crippen molar-refractivity contribution in [2.24, 2.45) is 0 Å². The van der Waals surface area contributed by atoms with Crippen molar-refractivity contribution in [1.29, 1.82) is 10.5 Å². The molecule has 0 fully saturated rings. The number of rotatable bonds is 3. The van der Waals surface area contributed by atoms with Crippen LogP contribution in [0.5, 0.6) is 0 Å². The molecule has 0 spiro atoms. The summed E-state index contributed by atoms with van der Waals surface area (Å²) in [6.07, 6.45) is 3.15. The predicted octanol–water partition coefficient (Wildman–Crippen LogP) is 4.41. The zero-order chi connectivity index (χ0) is 15.5. The zero-order valence-corrected chi connectivity index (χ0v) is 12.0. The maximum Gasteiger partial charge on any atom is 0.101 e. The van der Waals surface area contributed by atoms with Crippen LogP contribution in [0.1, 0.15) is 5.56 Å². The van der Waals surface area contributed by atoms with Gasteiger partial charge < -0.3 is 4.57 Å². The number of nitrogens with zero attached hydrogens (tertiary/aromatic N) is 3. The summed E-state index contributed by atoms with van der Waals surface area (Å²) in [5, 5.41) is 20.2. The van der Waals surface area contributed by atoms with Gasteiger partial charge in [-0.15, -0.1) is 6.58 Å². The van der Waals surface area contributed by atoms with Crippen molar-refractivity contribution in [1.82, 2.24) is 4.57 Å². The third-order valence-corrected chi connectivity index (χ3v) is 3.72. The summed E-state index contributed by atoms with van der Waals surface area (Å²) in [4.78, 5) is 0. The van der Waals surface area contributed by atoms with E-state index in [4.69, 9.17) is 5.26 Å². The normalized spacial score (nSPS) is 11.3. The van der Waals surface area contributed by atoms with Crippen molar-refractivity contribution in [2.75, 3.05) is 0 Å². The maximum atomic E-state index is 9.20. The second-order valence-electron chi connectivity index (χ2n) is 4.95. The summed E-state index contributed by atoms with van der Waals surface area (Å²) in [6.45, 7) is 4.55. The van der Waals surface area contributed by atoms with Crippen LogP contribution < -0.4 is 0 Å². The molecule has 3 heteroatoms. The highest BCUT2D eigenvalue weighted by molar-refractivity contribution is 6.09. The second kappa shape index (κ2) is 5.60. The van der Waals surface area contributed by atoms with Crippen LogP contribution in [0.25, 0.3) is 27.4 Å². The van der Waals surface area contributed by atoms with Gasteiger partial charge in [0.15, 0.2) is 0 Å². The van der Waals surface area contributed by atoms with E-state index in [1.807, 2.05) is 42.5 Å². The Kier molecular flexibility index (Phi) is 3.48. The highest BCUT2D eigenvalue weighted by atomic mass is 15.0. The summed E-state index contributed by atoms with van der Waals surface area (Å²) >= 11 is 0. The van der Waals surface area contributed by atoms with Gasteiger partial charge in [-0.05, 0) is 23.8 Å². The van der Waals surface area contributed by atoms with E-state index in [2.05, 4.69) is 29.3 Å². The van der Waals surface area contributed by atoms with E-state index in [1.54, 1.807) is 0 Å². The monoisotopic (exact) mass is 283 g/mol. The smallest absolute Gasteiger partial charge is 0.101 e. The van der Waals surface area contributed by atoms with Gasteiger partial charge in [0, 0.05) is 34.4 Å². The Morgan fingerprint density at radius 3 is 2.59 bits per heavy atom. The predicted molar refractivity (Wildman–Crippen MR) is 88.8 cm³/mol. The fourth-order valence-corrected chi connectivity index (χ4v) is 2.79. The van der Waals surface area contributed by atoms with Gasteiger partial charge in [-0.2, -0.15) is 10.5 Å². The van der Waals surface area contributed by atoms with Gasteiger partial charge in [0.25, 0.3) is 0 Å². The minimum atomic E-state index is 0.380. The lowest BCUT2D eigenvalue weighted by Gasteiger charge is -2.04. The third-order valence-electron chi connectivity index (χ3n) is 3.72. The largest absolute Gasteiger partial charge is 0.337 e. The van der Waals surface area contributed by atoms with Gasteiger partial charge in [0.1, 0.15) is 6.07 Å². The first-order valence-electron chi connectivity index (χ1n) is 6.92. The molecule has 2 aromatic carbocycles. The summed E-state index contributed by atoms with van der Waals surface area (Å²) in [6, 6.07) is 18.0. The summed E-state index contributed by atoms with van der Waals surface area (Å²) in [5.74, 6) is 0. The molecule has 0 aliphatic rings. The van der Waals surface area contributed by atoms with Crippen molar-refractivity contribution in [3.05, 3.63) is 66.8 Å². The van der Waals surface area contributed by atoms with Crippen LogP contribution in [0.2, 0.25) is 0 Å². The van der Waals surface area contributed by atoms with Gasteiger partial charge in [-0.25, -0.2) is 0 Å². The lowest BCUT2D eigenvalue weighted by Crippen LogP contribution is -1.93. The minimum absolute atomic E-state index is 0.380. The SMILES string of the molecule is C=CCn1c2ccccc2c2cc(C(C#N)=CC#N)ccc21. The molecule has 0 radical (unpaired) electrons. The molecule has 1 aromatic heterocycles. The summed E-state index contributed by atoms with van der Waals surface area (Å²) in [7, 11) is 0. The van der Waals surface area contributed by atoms with Gasteiger partial charge in [-0.3, -0.25) is 0 Å². The highest BCUT2D eigenvalue weighted by Crippen LogP contribution is 2.31. The van der Waals surface area contributed by atoms with Crippen LogP contribution in [-0.2, 0) is 6.54 Å². The van der Waals surface area contributed by atoms with Crippen molar-refractivity contribution >= 4 is 27.4 Å². The second-order valence-corrected chi connectivity index (χ2v) is 4.95. The number of hydrogen-bond donors (Lipinski definition) is 0. The molecular weight excluding hydrogens is 270 g/mol. The molecular formula is C19H13N3. The van der Waals surface area contributed by atoms with Crippen LogP contribution in [0.15, 0.2) is 61.2 Å². The van der Waals surface area contributed by atoms with E-state index in [9.17, 15) is 5.26 Å². The van der Waals surface area contributed by atoms with E-state index < -0.39 is 0 Å². The number of aromatic nitrogens is 1. The maximum absolute atomic E-state index is 9.20. The molecule has 0 aliphatic carbocycles. The Balaban J connectivity index is 2.36. The van der Waals surface area contributed by atoms with Gasteiger partial charge in [0.2, 0.25) is 0 Å². The van der Waals surface area contributed by atoms with Gasteiger partial charge in [0.05, 0.1) is 11.6 Å². The van der Waals surface area contributed by atoms with Gasteiger partial charge in [-0.1, -0.05) is 30.3 Å². The van der Waals surface area contributed by atoms with Crippen molar-refractivity contribution < 1.29 is 0 Å². The topological polar surface area (TPSA) is 52.5 Å². The Hall–Kier alpha value is -3.30. The Bertz CT molecular complexity index is 991. The number of benzene rings is 2. The quantitative estimate of drug-likeness (QED) is 0.528. The average Bonchev–Trinajstić information content (AvgIpc) is 2.87. The first kappa shape index (κ1) is 13.7. The molecule has 3 nitrogen and oxygen atoms in total. The number of para-hydroxylation sites is 1. The first-order chi connectivity index (χ1) is 10.8. The lowest BCUT2D eigenvalue weighted by atomic mass is 10.0. The van der Waals surface area contributed by atoms with Crippen LogP contribution >= 0.6 is 0 Å². The van der Waals surface area contributed by atoms with Crippen LogP contribution in [0.4, 0.5) is 0 Å². The number of hydrogen-bond acceptors (Lipinski definition) is 2. The fraction of sp³-hybridized carbons (Fsp3) is 0.0526. The molecule has 0 bridgehead atoms. The van der Waals surface area contributed by atoms with E-state index in [1.165, 1.54) is 6.08 Å². The molecule has 0 N–H and O–H groups in total. The Morgan fingerprint density at radius 2 is 1.86 bits per heavy atom. The molecule has 0 amide bonds. The first-order valence-corrected chi connectivity index (χ1v) is 6.92. The lowest BCUT2D eigenvalue weighted by molar-refractivity contribution is 0.901. The van der Waals surface area contributed by atoms with E-state index >= 15 is 0 Å². The van der Waals surface area contributed by atoms with E-state index in [0.29, 0.717) is 5.57 Å². The Labute approximate surface area is 128 Å². The standard InChI is InChI=1S/C19H13N3/c1-2-11-22-18-6-4-3-5-16(18)17-12-14(7-8-19(17)22)15(13-21)9-10-20/h2-9,12H,1,11H2. The molecule has 0 saturated carbocycles. The molecule has 22 heavy (non-hydrogen) atoms. The zero-order valence-electron chi connectivity index (χ0n) is 12.0. The molecule has 104 valence electrons. The molecule has 3 aromatic rings. The van der Waals surface area contributed by atoms with Gasteiger partial charge >= 0.3 is 0 Å². The molecule has 0 atom stereocenters. The Morgan fingerprint density at radius 1 is 1.09 bits per heavy atom. The molecule has 0 unspecified atom stereocenters. The van der Waals surface area contributed by atoms with Crippen molar-refractivity contribution in [3.63, 3.8) is 0 Å². The fourth-order valence-electron chi connectivity index (χ4n) is 2.79. The highest BCUT2D eigenvalue weighted by Gasteiger charge is 2.11. The van der Waals surface area contributed by atoms with Crippen molar-refractivity contribution in [3.8, 4) is 12.1 Å². The summed E-state index contributed by atoms with van der Waals surface area (Å²) < 4.78 is 2.20. The minimum Gasteiger partial charge on any atom is -0.337 e.